The van der Waals surface area contributed by atoms with Crippen LogP contribution in [0.4, 0.5) is 5.69 Å². The summed E-state index contributed by atoms with van der Waals surface area (Å²) in [5, 5.41) is 5.14. The Bertz CT molecular complexity index is 1030. The molecule has 0 unspecified atom stereocenters. The summed E-state index contributed by atoms with van der Waals surface area (Å²) >= 11 is 0. The van der Waals surface area contributed by atoms with Crippen molar-refractivity contribution in [1.29, 1.82) is 0 Å². The number of aryl methyl sites for hydroxylation is 2. The van der Waals surface area contributed by atoms with Gasteiger partial charge in [0, 0.05) is 6.54 Å². The molecule has 0 fully saturated rings. The number of fused-ring (bicyclic) bond motifs is 1. The zero-order valence-corrected chi connectivity index (χ0v) is 15.0. The number of nitrogens with zero attached hydrogens (tertiary/aromatic N) is 1. The molecule has 2 aromatic rings. The predicted molar refractivity (Wildman–Crippen MR) is 92.0 cm³/mol. The van der Waals surface area contributed by atoms with E-state index in [1.807, 2.05) is 13.0 Å². The summed E-state index contributed by atoms with van der Waals surface area (Å²) in [6, 6.07) is 9.59. The SMILES string of the molecule is Cc1ccc(C)c(S(=O)(=O)N2CCc3cc(S(N)(=O)=O)ccc32)c1. The van der Waals surface area contributed by atoms with Gasteiger partial charge in [-0.2, -0.15) is 0 Å². The minimum Gasteiger partial charge on any atom is -0.266 e. The minimum atomic E-state index is -3.81. The summed E-state index contributed by atoms with van der Waals surface area (Å²) < 4.78 is 50.3. The van der Waals surface area contributed by atoms with Crippen LogP contribution in [-0.2, 0) is 26.5 Å². The number of rotatable bonds is 3. The van der Waals surface area contributed by atoms with E-state index in [4.69, 9.17) is 5.14 Å². The van der Waals surface area contributed by atoms with Crippen molar-refractivity contribution in [2.75, 3.05) is 10.8 Å². The number of sulfonamides is 2. The first-order valence-corrected chi connectivity index (χ1v) is 10.3. The van der Waals surface area contributed by atoms with Gasteiger partial charge in [-0.25, -0.2) is 22.0 Å². The van der Waals surface area contributed by atoms with E-state index in [1.54, 1.807) is 19.1 Å². The maximum Gasteiger partial charge on any atom is 0.264 e. The lowest BCUT2D eigenvalue weighted by Crippen LogP contribution is -2.29. The van der Waals surface area contributed by atoms with Crippen LogP contribution in [0.1, 0.15) is 16.7 Å². The highest BCUT2D eigenvalue weighted by molar-refractivity contribution is 7.93. The molecule has 1 aliphatic rings. The van der Waals surface area contributed by atoms with Gasteiger partial charge in [-0.15, -0.1) is 0 Å². The van der Waals surface area contributed by atoms with Gasteiger partial charge >= 0.3 is 0 Å². The second-order valence-corrected chi connectivity index (χ2v) is 9.32. The van der Waals surface area contributed by atoms with E-state index >= 15 is 0 Å². The fourth-order valence-electron chi connectivity index (χ4n) is 2.88. The third kappa shape index (κ3) is 2.81. The molecule has 24 heavy (non-hydrogen) atoms. The molecule has 0 radical (unpaired) electrons. The molecule has 128 valence electrons. The molecule has 0 aliphatic carbocycles. The lowest BCUT2D eigenvalue weighted by Gasteiger charge is -2.21. The van der Waals surface area contributed by atoms with Gasteiger partial charge in [-0.05, 0) is 61.2 Å². The monoisotopic (exact) mass is 366 g/mol. The average Bonchev–Trinajstić information content (AvgIpc) is 2.92. The molecule has 0 saturated carbocycles. The molecule has 1 heterocycles. The van der Waals surface area contributed by atoms with E-state index < -0.39 is 20.0 Å². The molecule has 8 heteroatoms. The van der Waals surface area contributed by atoms with E-state index in [1.165, 1.54) is 22.5 Å². The van der Waals surface area contributed by atoms with Crippen LogP contribution in [0.2, 0.25) is 0 Å². The summed E-state index contributed by atoms with van der Waals surface area (Å²) in [4.78, 5) is 0.262. The van der Waals surface area contributed by atoms with Gasteiger partial charge in [0.1, 0.15) is 0 Å². The first-order chi connectivity index (χ1) is 11.1. The van der Waals surface area contributed by atoms with Crippen molar-refractivity contribution in [3.05, 3.63) is 53.1 Å². The standard InChI is InChI=1S/C16H18N2O4S2/c1-11-3-4-12(2)16(9-11)24(21,22)18-8-7-13-10-14(23(17,19)20)5-6-15(13)18/h3-6,9-10H,7-8H2,1-2H3,(H2,17,19,20). The van der Waals surface area contributed by atoms with Crippen molar-refractivity contribution in [1.82, 2.24) is 0 Å². The Hall–Kier alpha value is -1.90. The van der Waals surface area contributed by atoms with Crippen LogP contribution >= 0.6 is 0 Å². The Balaban J connectivity index is 2.09. The molecule has 6 nitrogen and oxygen atoms in total. The first kappa shape index (κ1) is 16.9. The van der Waals surface area contributed by atoms with E-state index in [0.29, 0.717) is 23.2 Å². The molecule has 0 saturated heterocycles. The third-order valence-corrected chi connectivity index (χ3v) is 7.01. The summed E-state index contributed by atoms with van der Waals surface area (Å²) in [6.45, 7) is 3.88. The molecular weight excluding hydrogens is 348 g/mol. The highest BCUT2D eigenvalue weighted by atomic mass is 32.2. The van der Waals surface area contributed by atoms with Crippen LogP contribution in [0.5, 0.6) is 0 Å². The van der Waals surface area contributed by atoms with Crippen molar-refractivity contribution in [3.63, 3.8) is 0 Å². The molecule has 0 bridgehead atoms. The molecule has 2 N–H and O–H groups in total. The van der Waals surface area contributed by atoms with Crippen molar-refractivity contribution in [2.24, 2.45) is 5.14 Å². The van der Waals surface area contributed by atoms with Crippen LogP contribution < -0.4 is 9.44 Å². The summed E-state index contributed by atoms with van der Waals surface area (Å²) in [5.41, 5.74) is 2.71. The van der Waals surface area contributed by atoms with Gasteiger partial charge in [0.2, 0.25) is 10.0 Å². The summed E-state index contributed by atoms with van der Waals surface area (Å²) in [6.07, 6.45) is 0.447. The average molecular weight is 366 g/mol. The lowest BCUT2D eigenvalue weighted by atomic mass is 10.2. The van der Waals surface area contributed by atoms with Gasteiger partial charge in [0.25, 0.3) is 10.0 Å². The summed E-state index contributed by atoms with van der Waals surface area (Å²) in [7, 11) is -7.51. The molecule has 3 rings (SSSR count). The summed E-state index contributed by atoms with van der Waals surface area (Å²) in [5.74, 6) is 0. The molecule has 0 amide bonds. The van der Waals surface area contributed by atoms with Gasteiger partial charge in [0.05, 0.1) is 15.5 Å². The Kier molecular flexibility index (Phi) is 3.94. The van der Waals surface area contributed by atoms with Crippen molar-refractivity contribution in [3.8, 4) is 0 Å². The van der Waals surface area contributed by atoms with E-state index in [2.05, 4.69) is 0 Å². The number of benzene rings is 2. The van der Waals surface area contributed by atoms with Gasteiger partial charge < -0.3 is 0 Å². The third-order valence-electron chi connectivity index (χ3n) is 4.14. The quantitative estimate of drug-likeness (QED) is 0.894. The first-order valence-electron chi connectivity index (χ1n) is 7.36. The number of anilines is 1. The number of primary sulfonamides is 1. The fourth-order valence-corrected chi connectivity index (χ4v) is 5.26. The van der Waals surface area contributed by atoms with Crippen LogP contribution in [0, 0.1) is 13.8 Å². The van der Waals surface area contributed by atoms with Gasteiger partial charge in [-0.1, -0.05) is 12.1 Å². The largest absolute Gasteiger partial charge is 0.266 e. The van der Waals surface area contributed by atoms with Crippen molar-refractivity contribution in [2.45, 2.75) is 30.1 Å². The van der Waals surface area contributed by atoms with Gasteiger partial charge in [-0.3, -0.25) is 4.31 Å². The molecule has 0 aromatic heterocycles. The topological polar surface area (TPSA) is 97.5 Å². The molecule has 2 aromatic carbocycles. The van der Waals surface area contributed by atoms with Crippen molar-refractivity contribution < 1.29 is 16.8 Å². The molecule has 1 aliphatic heterocycles. The predicted octanol–water partition coefficient (Wildman–Crippen LogP) is 1.70. The smallest absolute Gasteiger partial charge is 0.264 e. The van der Waals surface area contributed by atoms with E-state index in [9.17, 15) is 16.8 Å². The highest BCUT2D eigenvalue weighted by Crippen LogP contribution is 2.35. The maximum atomic E-state index is 13.0. The fraction of sp³-hybridized carbons (Fsp3) is 0.250. The zero-order valence-electron chi connectivity index (χ0n) is 13.4. The van der Waals surface area contributed by atoms with E-state index in [0.717, 1.165) is 5.56 Å². The zero-order chi connectivity index (χ0) is 17.7. The van der Waals surface area contributed by atoms with Crippen LogP contribution in [-0.4, -0.2) is 23.4 Å². The molecule has 0 atom stereocenters. The highest BCUT2D eigenvalue weighted by Gasteiger charge is 2.32. The Morgan fingerprint density at radius 3 is 2.38 bits per heavy atom. The second-order valence-electron chi connectivity index (χ2n) is 5.93. The lowest BCUT2D eigenvalue weighted by molar-refractivity contribution is 0.591. The normalized spacial score (nSPS) is 14.7. The van der Waals surface area contributed by atoms with E-state index in [-0.39, 0.29) is 16.3 Å². The van der Waals surface area contributed by atoms with Crippen LogP contribution in [0.25, 0.3) is 0 Å². The Morgan fingerprint density at radius 1 is 1.00 bits per heavy atom. The Labute approximate surface area is 142 Å². The second kappa shape index (κ2) is 5.58. The number of nitrogens with two attached hydrogens (primary N) is 1. The van der Waals surface area contributed by atoms with Crippen molar-refractivity contribution >= 4 is 25.7 Å². The van der Waals surface area contributed by atoms with Gasteiger partial charge in [0.15, 0.2) is 0 Å². The number of hydrogen-bond acceptors (Lipinski definition) is 4. The maximum absolute atomic E-state index is 13.0. The number of hydrogen-bond donors (Lipinski definition) is 1. The minimum absolute atomic E-state index is 0.00719. The Morgan fingerprint density at radius 2 is 1.71 bits per heavy atom. The van der Waals surface area contributed by atoms with Crippen LogP contribution in [0.3, 0.4) is 0 Å². The van der Waals surface area contributed by atoms with Crippen LogP contribution in [0.15, 0.2) is 46.2 Å². The molecule has 0 spiro atoms. The molecular formula is C16H18N2O4S2.